The lowest BCUT2D eigenvalue weighted by atomic mass is 10.2. The SMILES string of the molecule is CC1CNc2cc(I)c(F)cc2N1. The van der Waals surface area contributed by atoms with Crippen LogP contribution in [0.4, 0.5) is 15.8 Å². The van der Waals surface area contributed by atoms with Crippen molar-refractivity contribution in [1.82, 2.24) is 0 Å². The number of hydrogen-bond acceptors (Lipinski definition) is 2. The molecule has 2 rings (SSSR count). The van der Waals surface area contributed by atoms with Gasteiger partial charge in [-0.2, -0.15) is 0 Å². The summed E-state index contributed by atoms with van der Waals surface area (Å²) in [6.45, 7) is 2.94. The Bertz CT molecular complexity index is 341. The van der Waals surface area contributed by atoms with E-state index in [1.54, 1.807) is 6.07 Å². The summed E-state index contributed by atoms with van der Waals surface area (Å²) in [4.78, 5) is 0. The zero-order valence-corrected chi connectivity index (χ0v) is 9.35. The Labute approximate surface area is 90.0 Å². The van der Waals surface area contributed by atoms with E-state index in [1.807, 2.05) is 28.7 Å². The molecule has 0 amide bonds. The van der Waals surface area contributed by atoms with E-state index in [0.717, 1.165) is 17.9 Å². The first-order chi connectivity index (χ1) is 6.16. The Hall–Kier alpha value is -0.520. The summed E-state index contributed by atoms with van der Waals surface area (Å²) in [7, 11) is 0. The minimum Gasteiger partial charge on any atom is -0.381 e. The van der Waals surface area contributed by atoms with E-state index in [0.29, 0.717) is 9.61 Å². The van der Waals surface area contributed by atoms with Crippen molar-refractivity contribution >= 4 is 34.0 Å². The highest BCUT2D eigenvalue weighted by Gasteiger charge is 2.15. The first-order valence-corrected chi connectivity index (χ1v) is 5.24. The standard InChI is InChI=1S/C9H10FIN2/c1-5-4-12-8-3-7(11)6(10)2-9(8)13-5/h2-3,5,12-13H,4H2,1H3. The summed E-state index contributed by atoms with van der Waals surface area (Å²) in [6, 6.07) is 3.72. The highest BCUT2D eigenvalue weighted by atomic mass is 127. The Balaban J connectivity index is 2.43. The molecule has 1 atom stereocenters. The predicted molar refractivity (Wildman–Crippen MR) is 60.7 cm³/mol. The van der Waals surface area contributed by atoms with Crippen LogP contribution in [-0.4, -0.2) is 12.6 Å². The summed E-state index contributed by atoms with van der Waals surface area (Å²) in [5.74, 6) is -0.164. The zero-order valence-electron chi connectivity index (χ0n) is 7.20. The summed E-state index contributed by atoms with van der Waals surface area (Å²) in [5, 5.41) is 6.47. The molecule has 0 saturated heterocycles. The number of nitrogens with one attached hydrogen (secondary N) is 2. The molecule has 0 radical (unpaired) electrons. The lowest BCUT2D eigenvalue weighted by molar-refractivity contribution is 0.620. The molecular weight excluding hydrogens is 282 g/mol. The van der Waals surface area contributed by atoms with Crippen LogP contribution in [0.25, 0.3) is 0 Å². The molecule has 0 aromatic heterocycles. The van der Waals surface area contributed by atoms with Crippen LogP contribution in [-0.2, 0) is 0 Å². The van der Waals surface area contributed by atoms with Crippen molar-refractivity contribution in [2.24, 2.45) is 0 Å². The van der Waals surface area contributed by atoms with Crippen LogP contribution in [0.3, 0.4) is 0 Å². The highest BCUT2D eigenvalue weighted by molar-refractivity contribution is 14.1. The molecule has 70 valence electrons. The number of benzene rings is 1. The molecule has 2 N–H and O–H groups in total. The lowest BCUT2D eigenvalue weighted by Crippen LogP contribution is -2.30. The molecule has 0 aliphatic carbocycles. The fraction of sp³-hybridized carbons (Fsp3) is 0.333. The molecule has 1 aromatic rings. The third kappa shape index (κ3) is 1.72. The topological polar surface area (TPSA) is 24.1 Å². The monoisotopic (exact) mass is 292 g/mol. The summed E-state index contributed by atoms with van der Waals surface area (Å²) in [6.07, 6.45) is 0. The van der Waals surface area contributed by atoms with E-state index in [9.17, 15) is 4.39 Å². The molecule has 1 unspecified atom stereocenters. The van der Waals surface area contributed by atoms with Gasteiger partial charge in [0.15, 0.2) is 0 Å². The van der Waals surface area contributed by atoms with Crippen LogP contribution in [0.1, 0.15) is 6.92 Å². The maximum atomic E-state index is 13.2. The van der Waals surface area contributed by atoms with E-state index in [4.69, 9.17) is 0 Å². The van der Waals surface area contributed by atoms with Gasteiger partial charge in [-0.15, -0.1) is 0 Å². The highest BCUT2D eigenvalue weighted by Crippen LogP contribution is 2.29. The molecule has 4 heteroatoms. The van der Waals surface area contributed by atoms with Gasteiger partial charge in [0, 0.05) is 18.7 Å². The largest absolute Gasteiger partial charge is 0.381 e. The number of fused-ring (bicyclic) bond motifs is 1. The van der Waals surface area contributed by atoms with Crippen molar-refractivity contribution in [3.8, 4) is 0 Å². The second-order valence-corrected chi connectivity index (χ2v) is 4.40. The Morgan fingerprint density at radius 1 is 1.46 bits per heavy atom. The molecule has 1 aliphatic heterocycles. The van der Waals surface area contributed by atoms with Crippen molar-refractivity contribution in [2.75, 3.05) is 17.2 Å². The molecule has 0 saturated carbocycles. The molecule has 1 aromatic carbocycles. The molecule has 0 fully saturated rings. The van der Waals surface area contributed by atoms with E-state index in [2.05, 4.69) is 17.6 Å². The maximum absolute atomic E-state index is 13.2. The Morgan fingerprint density at radius 2 is 2.23 bits per heavy atom. The number of halogens is 2. The Kier molecular flexibility index (Phi) is 2.31. The first-order valence-electron chi connectivity index (χ1n) is 4.16. The van der Waals surface area contributed by atoms with Gasteiger partial charge in [0.05, 0.1) is 14.9 Å². The molecule has 1 heterocycles. The van der Waals surface area contributed by atoms with Gasteiger partial charge in [0.25, 0.3) is 0 Å². The Morgan fingerprint density at radius 3 is 3.00 bits per heavy atom. The van der Waals surface area contributed by atoms with E-state index in [-0.39, 0.29) is 5.82 Å². The van der Waals surface area contributed by atoms with Gasteiger partial charge in [-0.3, -0.25) is 0 Å². The normalized spacial score (nSPS) is 20.1. The van der Waals surface area contributed by atoms with Crippen LogP contribution >= 0.6 is 22.6 Å². The molecule has 0 bridgehead atoms. The van der Waals surface area contributed by atoms with Crippen molar-refractivity contribution in [1.29, 1.82) is 0 Å². The van der Waals surface area contributed by atoms with Crippen LogP contribution in [0, 0.1) is 9.39 Å². The van der Waals surface area contributed by atoms with Crippen molar-refractivity contribution < 1.29 is 4.39 Å². The average Bonchev–Trinajstić information content (AvgIpc) is 2.08. The maximum Gasteiger partial charge on any atom is 0.138 e. The van der Waals surface area contributed by atoms with E-state index >= 15 is 0 Å². The fourth-order valence-corrected chi connectivity index (χ4v) is 1.86. The van der Waals surface area contributed by atoms with Gasteiger partial charge in [-0.05, 0) is 35.6 Å². The van der Waals surface area contributed by atoms with Crippen LogP contribution in [0.5, 0.6) is 0 Å². The fourth-order valence-electron chi connectivity index (χ4n) is 1.39. The minimum atomic E-state index is -0.164. The molecule has 13 heavy (non-hydrogen) atoms. The quantitative estimate of drug-likeness (QED) is 0.718. The number of hydrogen-bond donors (Lipinski definition) is 2. The second kappa shape index (κ2) is 3.32. The van der Waals surface area contributed by atoms with Gasteiger partial charge in [-0.25, -0.2) is 4.39 Å². The summed E-state index contributed by atoms with van der Waals surface area (Å²) >= 11 is 1.99. The second-order valence-electron chi connectivity index (χ2n) is 3.24. The van der Waals surface area contributed by atoms with E-state index in [1.165, 1.54) is 0 Å². The smallest absolute Gasteiger partial charge is 0.138 e. The van der Waals surface area contributed by atoms with E-state index < -0.39 is 0 Å². The lowest BCUT2D eigenvalue weighted by Gasteiger charge is -2.25. The van der Waals surface area contributed by atoms with Gasteiger partial charge >= 0.3 is 0 Å². The van der Waals surface area contributed by atoms with Gasteiger partial charge in [0.2, 0.25) is 0 Å². The molecule has 2 nitrogen and oxygen atoms in total. The summed E-state index contributed by atoms with van der Waals surface area (Å²) < 4.78 is 13.8. The summed E-state index contributed by atoms with van der Waals surface area (Å²) in [5.41, 5.74) is 1.85. The molecule has 1 aliphatic rings. The first kappa shape index (κ1) is 9.05. The van der Waals surface area contributed by atoms with Crippen LogP contribution < -0.4 is 10.6 Å². The van der Waals surface area contributed by atoms with Crippen molar-refractivity contribution in [2.45, 2.75) is 13.0 Å². The van der Waals surface area contributed by atoms with Crippen molar-refractivity contribution in [3.63, 3.8) is 0 Å². The third-order valence-electron chi connectivity index (χ3n) is 2.06. The molecular formula is C9H10FIN2. The predicted octanol–water partition coefficient (Wildman–Crippen LogP) is 2.66. The van der Waals surface area contributed by atoms with Gasteiger partial charge < -0.3 is 10.6 Å². The van der Waals surface area contributed by atoms with Crippen molar-refractivity contribution in [3.05, 3.63) is 21.5 Å². The minimum absolute atomic E-state index is 0.164. The van der Waals surface area contributed by atoms with Crippen LogP contribution in [0.2, 0.25) is 0 Å². The molecule has 0 spiro atoms. The number of anilines is 2. The van der Waals surface area contributed by atoms with Gasteiger partial charge in [-0.1, -0.05) is 0 Å². The number of rotatable bonds is 0. The zero-order chi connectivity index (χ0) is 9.42. The van der Waals surface area contributed by atoms with Crippen LogP contribution in [0.15, 0.2) is 12.1 Å². The average molecular weight is 292 g/mol. The third-order valence-corrected chi connectivity index (χ3v) is 2.89. The van der Waals surface area contributed by atoms with Gasteiger partial charge in [0.1, 0.15) is 5.82 Å².